The lowest BCUT2D eigenvalue weighted by Gasteiger charge is -2.08. The Labute approximate surface area is 211 Å². The van der Waals surface area contributed by atoms with Gasteiger partial charge in [0.05, 0.1) is 17.2 Å². The second kappa shape index (κ2) is 10.4. The van der Waals surface area contributed by atoms with Crippen LogP contribution in [0, 0.1) is 0 Å². The molecule has 0 aliphatic rings. The Morgan fingerprint density at radius 1 is 0.973 bits per heavy atom. The number of aromatic nitrogens is 4. The van der Waals surface area contributed by atoms with Crippen LogP contribution in [0.2, 0.25) is 0 Å². The third-order valence-electron chi connectivity index (χ3n) is 4.93. The zero-order chi connectivity index (χ0) is 26.6. The fraction of sp³-hybridized carbons (Fsp3) is 0.0870. The van der Waals surface area contributed by atoms with Gasteiger partial charge in [-0.15, -0.1) is 9.78 Å². The average Bonchev–Trinajstić information content (AvgIpc) is 3.24. The van der Waals surface area contributed by atoms with Crippen molar-refractivity contribution in [2.45, 2.75) is 11.8 Å². The molecule has 190 valence electrons. The molecule has 0 bridgehead atoms. The van der Waals surface area contributed by atoms with Gasteiger partial charge >= 0.3 is 12.0 Å². The van der Waals surface area contributed by atoms with Gasteiger partial charge in [-0.25, -0.2) is 28.1 Å². The largest absolute Gasteiger partial charge is 0.461 e. The lowest BCUT2D eigenvalue weighted by molar-refractivity contribution is 0.0519. The molecule has 0 aliphatic heterocycles. The van der Waals surface area contributed by atoms with Crippen molar-refractivity contribution in [2.24, 2.45) is 5.14 Å². The van der Waals surface area contributed by atoms with Gasteiger partial charge in [-0.05, 0) is 55.5 Å². The predicted octanol–water partition coefficient (Wildman–Crippen LogP) is 2.57. The van der Waals surface area contributed by atoms with E-state index < -0.39 is 22.0 Å². The Balaban J connectivity index is 1.43. The fourth-order valence-corrected chi connectivity index (χ4v) is 3.71. The maximum atomic E-state index is 12.7. The van der Waals surface area contributed by atoms with E-state index in [0.29, 0.717) is 17.1 Å². The van der Waals surface area contributed by atoms with Gasteiger partial charge in [0.25, 0.3) is 0 Å². The first-order chi connectivity index (χ1) is 17.6. The van der Waals surface area contributed by atoms with E-state index in [0.717, 1.165) is 10.2 Å². The van der Waals surface area contributed by atoms with E-state index in [-0.39, 0.29) is 29.1 Å². The third kappa shape index (κ3) is 6.06. The van der Waals surface area contributed by atoms with Gasteiger partial charge in [-0.3, -0.25) is 0 Å². The number of hydrogen-bond acceptors (Lipinski definition) is 10. The average molecular weight is 523 g/mol. The van der Waals surface area contributed by atoms with E-state index >= 15 is 0 Å². The van der Waals surface area contributed by atoms with E-state index in [2.05, 4.69) is 25.7 Å². The Bertz CT molecular complexity index is 1550. The molecule has 4 aromatic rings. The summed E-state index contributed by atoms with van der Waals surface area (Å²) in [6, 6.07) is 16.7. The maximum Gasteiger partial charge on any atom is 0.356 e. The number of nitrogen functional groups attached to an aromatic ring is 1. The van der Waals surface area contributed by atoms with Crippen molar-refractivity contribution in [2.75, 3.05) is 23.0 Å². The number of esters is 1. The summed E-state index contributed by atoms with van der Waals surface area (Å²) in [4.78, 5) is 32.9. The first kappa shape index (κ1) is 25.3. The minimum atomic E-state index is -3.82. The number of anilines is 4. The number of nitrogens with two attached hydrogens (primary N) is 2. The molecular weight excluding hydrogens is 500 g/mol. The SMILES string of the molecule is CCOC(=O)c1cccc(-c2ccc(NC(=O)n3nc(Nc4ccc(S(N)(=O)=O)cc4)nc3N)cc2)n1. The molecule has 14 heteroatoms. The highest BCUT2D eigenvalue weighted by Gasteiger charge is 2.15. The van der Waals surface area contributed by atoms with Gasteiger partial charge in [0.1, 0.15) is 5.69 Å². The molecule has 2 aromatic heterocycles. The van der Waals surface area contributed by atoms with Crippen LogP contribution in [0.3, 0.4) is 0 Å². The highest BCUT2D eigenvalue weighted by atomic mass is 32.2. The van der Waals surface area contributed by atoms with Crippen LogP contribution in [-0.4, -0.2) is 46.8 Å². The van der Waals surface area contributed by atoms with Crippen LogP contribution in [0.25, 0.3) is 11.3 Å². The van der Waals surface area contributed by atoms with Crippen LogP contribution in [0.1, 0.15) is 17.4 Å². The van der Waals surface area contributed by atoms with Gasteiger partial charge in [-0.2, -0.15) is 4.98 Å². The highest BCUT2D eigenvalue weighted by Crippen LogP contribution is 2.21. The lowest BCUT2D eigenvalue weighted by atomic mass is 10.1. The summed E-state index contributed by atoms with van der Waals surface area (Å²) in [7, 11) is -3.82. The molecule has 0 fully saturated rings. The smallest absolute Gasteiger partial charge is 0.356 e. The van der Waals surface area contributed by atoms with Crippen molar-refractivity contribution < 1.29 is 22.7 Å². The number of carbonyl (C=O) groups excluding carboxylic acids is 2. The quantitative estimate of drug-likeness (QED) is 0.262. The number of carbonyl (C=O) groups is 2. The molecule has 4 rings (SSSR count). The summed E-state index contributed by atoms with van der Waals surface area (Å²) in [5.74, 6) is -0.648. The molecule has 2 heterocycles. The highest BCUT2D eigenvalue weighted by molar-refractivity contribution is 7.89. The minimum absolute atomic E-state index is 0.0268. The Morgan fingerprint density at radius 2 is 1.65 bits per heavy atom. The summed E-state index contributed by atoms with van der Waals surface area (Å²) in [6.45, 7) is 1.97. The van der Waals surface area contributed by atoms with Crippen LogP contribution >= 0.6 is 0 Å². The number of sulfonamides is 1. The number of ether oxygens (including phenoxy) is 1. The van der Waals surface area contributed by atoms with Gasteiger partial charge in [0.15, 0.2) is 0 Å². The number of rotatable bonds is 7. The molecule has 2 aromatic carbocycles. The monoisotopic (exact) mass is 522 g/mol. The number of amides is 1. The second-order valence-electron chi connectivity index (χ2n) is 7.54. The summed E-state index contributed by atoms with van der Waals surface area (Å²) in [5.41, 5.74) is 8.24. The molecule has 1 amide bonds. The van der Waals surface area contributed by atoms with Crippen molar-refractivity contribution in [3.05, 3.63) is 72.4 Å². The fourth-order valence-electron chi connectivity index (χ4n) is 3.20. The van der Waals surface area contributed by atoms with Crippen molar-refractivity contribution in [3.63, 3.8) is 0 Å². The van der Waals surface area contributed by atoms with Gasteiger partial charge in [0, 0.05) is 16.9 Å². The molecule has 0 aliphatic carbocycles. The Morgan fingerprint density at radius 3 is 2.30 bits per heavy atom. The molecular formula is C23H22N8O5S. The molecule has 13 nitrogen and oxygen atoms in total. The van der Waals surface area contributed by atoms with Gasteiger partial charge in [-0.1, -0.05) is 18.2 Å². The van der Waals surface area contributed by atoms with Crippen molar-refractivity contribution in [3.8, 4) is 11.3 Å². The van der Waals surface area contributed by atoms with Gasteiger partial charge in [0.2, 0.25) is 21.9 Å². The van der Waals surface area contributed by atoms with E-state index in [9.17, 15) is 18.0 Å². The Hall–Kier alpha value is -4.82. The van der Waals surface area contributed by atoms with Crippen LogP contribution < -0.4 is 21.5 Å². The number of primary sulfonamides is 1. The van der Waals surface area contributed by atoms with E-state index in [4.69, 9.17) is 15.6 Å². The molecule has 0 spiro atoms. The predicted molar refractivity (Wildman–Crippen MR) is 136 cm³/mol. The number of pyridine rings is 1. The topological polar surface area (TPSA) is 197 Å². The summed E-state index contributed by atoms with van der Waals surface area (Å²) < 4.78 is 28.6. The van der Waals surface area contributed by atoms with Crippen molar-refractivity contribution in [1.82, 2.24) is 19.7 Å². The normalized spacial score (nSPS) is 11.1. The molecule has 0 atom stereocenters. The minimum Gasteiger partial charge on any atom is -0.461 e. The van der Waals surface area contributed by atoms with E-state index in [1.54, 1.807) is 49.4 Å². The lowest BCUT2D eigenvalue weighted by Crippen LogP contribution is -2.22. The molecule has 0 radical (unpaired) electrons. The first-order valence-corrected chi connectivity index (χ1v) is 12.4. The first-order valence-electron chi connectivity index (χ1n) is 10.8. The summed E-state index contributed by atoms with van der Waals surface area (Å²) >= 11 is 0. The van der Waals surface area contributed by atoms with E-state index in [1.807, 2.05) is 0 Å². The summed E-state index contributed by atoms with van der Waals surface area (Å²) in [5, 5.41) is 14.6. The number of benzene rings is 2. The molecule has 6 N–H and O–H groups in total. The van der Waals surface area contributed by atoms with Crippen LogP contribution in [0.4, 0.5) is 28.1 Å². The van der Waals surface area contributed by atoms with Crippen molar-refractivity contribution >= 4 is 45.3 Å². The van der Waals surface area contributed by atoms with Crippen molar-refractivity contribution in [1.29, 1.82) is 0 Å². The molecule has 0 saturated heterocycles. The van der Waals surface area contributed by atoms with E-state index in [1.165, 1.54) is 24.3 Å². The number of nitrogens with one attached hydrogen (secondary N) is 2. The summed E-state index contributed by atoms with van der Waals surface area (Å²) in [6.07, 6.45) is 0. The van der Waals surface area contributed by atoms with Crippen LogP contribution in [0.15, 0.2) is 71.6 Å². The third-order valence-corrected chi connectivity index (χ3v) is 5.86. The van der Waals surface area contributed by atoms with Crippen LogP contribution in [0.5, 0.6) is 0 Å². The number of nitrogens with zero attached hydrogens (tertiary/aromatic N) is 4. The molecule has 0 saturated carbocycles. The zero-order valence-corrected chi connectivity index (χ0v) is 20.3. The molecule has 37 heavy (non-hydrogen) atoms. The van der Waals surface area contributed by atoms with Crippen LogP contribution in [-0.2, 0) is 14.8 Å². The second-order valence-corrected chi connectivity index (χ2v) is 9.10. The number of hydrogen-bond donors (Lipinski definition) is 4. The van der Waals surface area contributed by atoms with Gasteiger partial charge < -0.3 is 21.1 Å². The molecule has 0 unspecified atom stereocenters. The Kier molecular flexibility index (Phi) is 7.13. The maximum absolute atomic E-state index is 12.7. The standard InChI is InChI=1S/C23H22N8O5S/c1-2-36-20(32)19-5-3-4-18(28-19)14-6-8-16(9-7-14)27-23(33)31-21(24)29-22(30-31)26-15-10-12-17(13-11-15)37(25,34)35/h3-13H,2H2,1H3,(H,27,33)(H2,25,34,35)(H3,24,26,29,30). The zero-order valence-electron chi connectivity index (χ0n) is 19.5.